The van der Waals surface area contributed by atoms with E-state index in [-0.39, 0.29) is 6.04 Å². The predicted molar refractivity (Wildman–Crippen MR) is 93.2 cm³/mol. The third kappa shape index (κ3) is 3.26. The van der Waals surface area contributed by atoms with Gasteiger partial charge in [-0.05, 0) is 37.5 Å². The Hall–Kier alpha value is -1.64. The molecule has 0 aliphatic carbocycles. The third-order valence-electron chi connectivity index (χ3n) is 3.92. The smallest absolute Gasteiger partial charge is 0.295 e. The monoisotopic (exact) mass is 408 g/mol. The van der Waals surface area contributed by atoms with Gasteiger partial charge in [0.15, 0.2) is 5.82 Å². The Morgan fingerprint density at radius 1 is 1.25 bits per heavy atom. The van der Waals surface area contributed by atoms with E-state index in [9.17, 15) is 4.39 Å². The fourth-order valence-electron chi connectivity index (χ4n) is 2.78. The number of nitrogens with zero attached hydrogens (tertiary/aromatic N) is 4. The van der Waals surface area contributed by atoms with Gasteiger partial charge < -0.3 is 4.84 Å². The van der Waals surface area contributed by atoms with Gasteiger partial charge in [0.25, 0.3) is 5.19 Å². The number of benzene rings is 1. The van der Waals surface area contributed by atoms with Gasteiger partial charge in [-0.15, -0.1) is 5.06 Å². The number of aromatic nitrogens is 3. The Morgan fingerprint density at radius 2 is 2.08 bits per heavy atom. The van der Waals surface area contributed by atoms with E-state index < -0.39 is 5.82 Å². The molecule has 1 aliphatic heterocycles. The molecule has 0 bridgehead atoms. The fraction of sp³-hybridized carbons (Fsp3) is 0.312. The molecule has 3 heterocycles. The molecule has 4 rings (SSSR count). The molecule has 1 fully saturated rings. The first kappa shape index (κ1) is 15.9. The van der Waals surface area contributed by atoms with Crippen molar-refractivity contribution in [2.75, 3.05) is 6.54 Å². The second kappa shape index (κ2) is 6.70. The van der Waals surface area contributed by atoms with E-state index in [0.717, 1.165) is 40.5 Å². The van der Waals surface area contributed by atoms with Crippen molar-refractivity contribution in [2.45, 2.75) is 25.3 Å². The molecule has 1 aromatic carbocycles. The van der Waals surface area contributed by atoms with Crippen molar-refractivity contribution in [3.63, 3.8) is 0 Å². The Bertz CT molecular complexity index is 857. The van der Waals surface area contributed by atoms with Crippen molar-refractivity contribution in [3.8, 4) is 5.19 Å². The molecule has 1 saturated heterocycles. The van der Waals surface area contributed by atoms with E-state index in [1.54, 1.807) is 0 Å². The molecular formula is C16H14BrFN4OS. The summed E-state index contributed by atoms with van der Waals surface area (Å²) in [5.41, 5.74) is 0.907. The zero-order valence-electron chi connectivity index (χ0n) is 12.7. The maximum atomic E-state index is 13.1. The molecule has 124 valence electrons. The summed E-state index contributed by atoms with van der Waals surface area (Å²) in [6.45, 7) is 0.769. The van der Waals surface area contributed by atoms with Gasteiger partial charge in [-0.2, -0.15) is 0 Å². The molecule has 1 atom stereocenters. The highest BCUT2D eigenvalue weighted by Gasteiger charge is 2.29. The lowest BCUT2D eigenvalue weighted by molar-refractivity contribution is -0.117. The number of hydrogen-bond donors (Lipinski definition) is 0. The molecule has 2 aromatic heterocycles. The number of thiazole rings is 1. The van der Waals surface area contributed by atoms with Crippen LogP contribution in [0.15, 0.2) is 35.1 Å². The van der Waals surface area contributed by atoms with Crippen LogP contribution < -0.4 is 4.84 Å². The lowest BCUT2D eigenvalue weighted by Crippen LogP contribution is -2.37. The lowest BCUT2D eigenvalue weighted by Gasteiger charge is -2.32. The number of halogens is 2. The van der Waals surface area contributed by atoms with Gasteiger partial charge in [-0.1, -0.05) is 27.3 Å². The first-order valence-corrected chi connectivity index (χ1v) is 9.28. The van der Waals surface area contributed by atoms with Crippen LogP contribution >= 0.6 is 27.3 Å². The second-order valence-corrected chi connectivity index (χ2v) is 7.50. The Morgan fingerprint density at radius 3 is 2.92 bits per heavy atom. The van der Waals surface area contributed by atoms with Gasteiger partial charge in [-0.25, -0.2) is 19.3 Å². The Labute approximate surface area is 150 Å². The molecule has 0 amide bonds. The van der Waals surface area contributed by atoms with Gasteiger partial charge >= 0.3 is 0 Å². The van der Waals surface area contributed by atoms with E-state index in [0.29, 0.717) is 11.0 Å². The van der Waals surface area contributed by atoms with Gasteiger partial charge in [0.2, 0.25) is 0 Å². The number of hydroxylamine groups is 2. The molecule has 5 nitrogen and oxygen atoms in total. The highest BCUT2D eigenvalue weighted by atomic mass is 79.9. The van der Waals surface area contributed by atoms with Gasteiger partial charge in [0.1, 0.15) is 11.9 Å². The van der Waals surface area contributed by atoms with Crippen LogP contribution in [0.2, 0.25) is 0 Å². The second-order valence-electron chi connectivity index (χ2n) is 5.59. The maximum absolute atomic E-state index is 13.1. The molecule has 8 heteroatoms. The summed E-state index contributed by atoms with van der Waals surface area (Å²) >= 11 is 4.97. The van der Waals surface area contributed by atoms with Crippen LogP contribution in [0.1, 0.15) is 31.1 Å². The van der Waals surface area contributed by atoms with E-state index >= 15 is 0 Å². The van der Waals surface area contributed by atoms with Crippen LogP contribution in [0, 0.1) is 5.82 Å². The maximum Gasteiger partial charge on any atom is 0.295 e. The van der Waals surface area contributed by atoms with Crippen molar-refractivity contribution in [2.24, 2.45) is 0 Å². The van der Waals surface area contributed by atoms with Crippen LogP contribution in [0.25, 0.3) is 10.2 Å². The van der Waals surface area contributed by atoms with E-state index in [4.69, 9.17) is 4.84 Å². The highest BCUT2D eigenvalue weighted by Crippen LogP contribution is 2.34. The quantitative estimate of drug-likeness (QED) is 0.637. The minimum absolute atomic E-state index is 0.0851. The molecule has 0 spiro atoms. The number of rotatable bonds is 3. The minimum Gasteiger partial charge on any atom is -0.373 e. The summed E-state index contributed by atoms with van der Waals surface area (Å²) in [6.07, 6.45) is 5.38. The van der Waals surface area contributed by atoms with Crippen LogP contribution in [0.5, 0.6) is 5.19 Å². The largest absolute Gasteiger partial charge is 0.373 e. The highest BCUT2D eigenvalue weighted by molar-refractivity contribution is 9.10. The Kier molecular flexibility index (Phi) is 4.43. The topological polar surface area (TPSA) is 51.1 Å². The lowest BCUT2D eigenvalue weighted by atomic mass is 10.0. The number of hydrogen-bond acceptors (Lipinski definition) is 6. The number of fused-ring (bicyclic) bond motifs is 1. The van der Waals surface area contributed by atoms with E-state index in [2.05, 4.69) is 30.9 Å². The van der Waals surface area contributed by atoms with Crippen molar-refractivity contribution in [1.82, 2.24) is 20.0 Å². The molecule has 0 N–H and O–H groups in total. The molecule has 3 aromatic rings. The normalized spacial score (nSPS) is 18.8. The zero-order chi connectivity index (χ0) is 16.5. The molecule has 24 heavy (non-hydrogen) atoms. The van der Waals surface area contributed by atoms with Crippen LogP contribution in [-0.4, -0.2) is 26.6 Å². The van der Waals surface area contributed by atoms with Crippen molar-refractivity contribution >= 4 is 37.5 Å². The van der Waals surface area contributed by atoms with Gasteiger partial charge in [0.05, 0.1) is 22.6 Å². The minimum atomic E-state index is -0.432. The van der Waals surface area contributed by atoms with Gasteiger partial charge in [-0.3, -0.25) is 0 Å². The van der Waals surface area contributed by atoms with Crippen LogP contribution in [-0.2, 0) is 0 Å². The summed E-state index contributed by atoms with van der Waals surface area (Å²) in [5, 5.41) is 2.46. The molecular weight excluding hydrogens is 395 g/mol. The van der Waals surface area contributed by atoms with Crippen LogP contribution in [0.4, 0.5) is 4.39 Å². The average Bonchev–Trinajstić information content (AvgIpc) is 2.97. The van der Waals surface area contributed by atoms with Crippen LogP contribution in [0.3, 0.4) is 0 Å². The van der Waals surface area contributed by atoms with E-state index in [1.807, 2.05) is 23.3 Å². The average molecular weight is 409 g/mol. The molecule has 0 saturated carbocycles. The van der Waals surface area contributed by atoms with Crippen molar-refractivity contribution in [3.05, 3.63) is 46.7 Å². The first-order valence-electron chi connectivity index (χ1n) is 7.67. The first-order chi connectivity index (χ1) is 11.7. The standard InChI is InChI=1S/C16H14BrFN4OS/c17-10-4-5-12-14(7-10)24-16(21-12)23-22-6-2-1-3-13(22)15-19-8-11(18)9-20-15/h4-5,7-9,13H,1-3,6H2. The zero-order valence-corrected chi connectivity index (χ0v) is 15.1. The molecule has 1 unspecified atom stereocenters. The van der Waals surface area contributed by atoms with Gasteiger partial charge in [0, 0.05) is 11.0 Å². The van der Waals surface area contributed by atoms with E-state index in [1.165, 1.54) is 23.7 Å². The summed E-state index contributed by atoms with van der Waals surface area (Å²) in [4.78, 5) is 18.8. The molecule has 1 aliphatic rings. The summed E-state index contributed by atoms with van der Waals surface area (Å²) in [5.74, 6) is 0.152. The predicted octanol–water partition coefficient (Wildman–Crippen LogP) is 4.51. The number of piperidine rings is 1. The summed E-state index contributed by atoms with van der Waals surface area (Å²) in [6, 6.07) is 5.86. The van der Waals surface area contributed by atoms with Crippen molar-refractivity contribution in [1.29, 1.82) is 0 Å². The fourth-order valence-corrected chi connectivity index (χ4v) is 4.17. The summed E-state index contributed by atoms with van der Waals surface area (Å²) in [7, 11) is 0. The molecule has 0 radical (unpaired) electrons. The SMILES string of the molecule is Fc1cnc(C2CCCCN2Oc2nc3ccc(Br)cc3s2)nc1. The summed E-state index contributed by atoms with van der Waals surface area (Å²) < 4.78 is 15.1. The third-order valence-corrected chi connectivity index (χ3v) is 5.30. The van der Waals surface area contributed by atoms with Crippen molar-refractivity contribution < 1.29 is 9.23 Å². The Balaban J connectivity index is 1.59.